The largest absolute Gasteiger partial charge is 0.744 e. The highest BCUT2D eigenvalue weighted by Gasteiger charge is 2.32. The maximum Gasteiger partial charge on any atom is 0.124 e. The third-order valence-electron chi connectivity index (χ3n) is 4.44. The number of aliphatic hydroxyl groups is 2. The molecule has 0 fully saturated rings. The first-order valence-corrected chi connectivity index (χ1v) is 13.0. The number of aryl methyl sites for hydroxylation is 1. The summed E-state index contributed by atoms with van der Waals surface area (Å²) < 4.78 is 31.6. The molecule has 3 N–H and O–H groups in total. The molecule has 0 radical (unpaired) electrons. The van der Waals surface area contributed by atoms with Gasteiger partial charge in [-0.25, -0.2) is 8.42 Å². The number of phenolic OH excluding ortho intramolecular Hbond substituents is 1. The molecule has 0 aromatic heterocycles. The van der Waals surface area contributed by atoms with Gasteiger partial charge in [0.25, 0.3) is 0 Å². The number of aromatic hydroxyl groups is 1. The van der Waals surface area contributed by atoms with Crippen molar-refractivity contribution in [1.82, 2.24) is 0 Å². The zero-order valence-corrected chi connectivity index (χ0v) is 18.0. The minimum atomic E-state index is -4.47. The van der Waals surface area contributed by atoms with Crippen LogP contribution >= 0.6 is 7.26 Å². The summed E-state index contributed by atoms with van der Waals surface area (Å²) in [4.78, 5) is -0.373. The Balaban J connectivity index is 0.000000292. The summed E-state index contributed by atoms with van der Waals surface area (Å²) in [5.74, 6) is -0.227. The Bertz CT molecular complexity index is 816. The number of benzene rings is 2. The molecule has 6 nitrogen and oxygen atoms in total. The molecule has 0 unspecified atom stereocenters. The predicted octanol–water partition coefficient (Wildman–Crippen LogP) is 2.33. The summed E-state index contributed by atoms with van der Waals surface area (Å²) >= 11 is 0. The molecule has 0 bridgehead atoms. The monoisotopic (exact) mass is 428 g/mol. The summed E-state index contributed by atoms with van der Waals surface area (Å²) in [5.41, 5.74) is 0.336. The van der Waals surface area contributed by atoms with Crippen LogP contribution in [0.4, 0.5) is 0 Å². The van der Waals surface area contributed by atoms with E-state index in [0.717, 1.165) is 31.2 Å². The van der Waals surface area contributed by atoms with Crippen molar-refractivity contribution in [2.45, 2.75) is 24.7 Å². The molecular formula is C20H29O6PS. The van der Waals surface area contributed by atoms with Gasteiger partial charge in [-0.15, -0.1) is 0 Å². The molecule has 156 valence electrons. The smallest absolute Gasteiger partial charge is 0.124 e. The van der Waals surface area contributed by atoms with E-state index in [-0.39, 0.29) is 23.9 Å². The average Bonchev–Trinajstić information content (AvgIpc) is 2.67. The number of aliphatic hydroxyl groups excluding tert-OH is 2. The van der Waals surface area contributed by atoms with Gasteiger partial charge in [0, 0.05) is 33.3 Å². The molecule has 0 saturated carbocycles. The highest BCUT2D eigenvalue weighted by atomic mass is 32.2. The predicted molar refractivity (Wildman–Crippen MR) is 113 cm³/mol. The van der Waals surface area contributed by atoms with Crippen molar-refractivity contribution in [3.8, 4) is 5.75 Å². The molecule has 0 saturated heterocycles. The standard InChI is InChI=1S/C13H22O2P.C7H8O4S/c1-16(11-5-9-14,12-6-10-15)13-7-3-2-4-8-13;1-5-2-3-6(8)4-7(5)12(9,10)11/h2-4,7-8,14-15H,5-6,9-12H2,1H3;2-4,8H,1H3,(H,9,10,11)/q+1;/p-1. The highest BCUT2D eigenvalue weighted by Crippen LogP contribution is 2.54. The van der Waals surface area contributed by atoms with Crippen molar-refractivity contribution in [2.75, 3.05) is 32.2 Å². The van der Waals surface area contributed by atoms with Crippen molar-refractivity contribution in [3.05, 3.63) is 54.1 Å². The lowest BCUT2D eigenvalue weighted by Crippen LogP contribution is -2.17. The van der Waals surface area contributed by atoms with E-state index in [1.165, 1.54) is 24.4 Å². The summed E-state index contributed by atoms with van der Waals surface area (Å²) in [6, 6.07) is 14.2. The second-order valence-corrected chi connectivity index (χ2v) is 12.3. The molecule has 0 atom stereocenters. The van der Waals surface area contributed by atoms with Crippen LogP contribution in [0.2, 0.25) is 0 Å². The van der Waals surface area contributed by atoms with Crippen LogP contribution in [0.15, 0.2) is 53.4 Å². The van der Waals surface area contributed by atoms with Crippen molar-refractivity contribution < 1.29 is 28.3 Å². The van der Waals surface area contributed by atoms with E-state index in [4.69, 9.17) is 15.3 Å². The van der Waals surface area contributed by atoms with Gasteiger partial charge in [0.15, 0.2) is 0 Å². The van der Waals surface area contributed by atoms with Crippen LogP contribution in [0.1, 0.15) is 18.4 Å². The fourth-order valence-electron chi connectivity index (χ4n) is 2.86. The van der Waals surface area contributed by atoms with Crippen LogP contribution < -0.4 is 5.30 Å². The molecule has 0 heterocycles. The molecule has 0 aliphatic rings. The van der Waals surface area contributed by atoms with Crippen LogP contribution in [-0.2, 0) is 10.1 Å². The molecule has 2 aromatic rings. The van der Waals surface area contributed by atoms with Crippen molar-refractivity contribution in [2.24, 2.45) is 0 Å². The van der Waals surface area contributed by atoms with E-state index in [9.17, 15) is 13.0 Å². The van der Waals surface area contributed by atoms with E-state index < -0.39 is 17.4 Å². The fourth-order valence-corrected chi connectivity index (χ4v) is 6.89. The molecule has 0 amide bonds. The second-order valence-electron chi connectivity index (χ2n) is 6.74. The summed E-state index contributed by atoms with van der Waals surface area (Å²) in [5, 5.41) is 28.3. The van der Waals surface area contributed by atoms with Crippen LogP contribution in [0.3, 0.4) is 0 Å². The van der Waals surface area contributed by atoms with E-state index in [1.807, 2.05) is 6.07 Å². The van der Waals surface area contributed by atoms with E-state index in [1.54, 1.807) is 0 Å². The van der Waals surface area contributed by atoms with Gasteiger partial charge in [0.2, 0.25) is 0 Å². The first-order chi connectivity index (χ1) is 13.1. The molecule has 0 aliphatic heterocycles. The number of hydrogen-bond donors (Lipinski definition) is 3. The molecule has 2 aromatic carbocycles. The van der Waals surface area contributed by atoms with Gasteiger partial charge in [0.05, 0.1) is 29.2 Å². The molecule has 28 heavy (non-hydrogen) atoms. The molecule has 0 aliphatic carbocycles. The van der Waals surface area contributed by atoms with Crippen LogP contribution in [-0.4, -0.2) is 60.5 Å². The number of phenols is 1. The van der Waals surface area contributed by atoms with Gasteiger partial charge in [-0.2, -0.15) is 0 Å². The molecule has 2 rings (SSSR count). The molecule has 0 spiro atoms. The van der Waals surface area contributed by atoms with Crippen molar-refractivity contribution >= 4 is 22.7 Å². The van der Waals surface area contributed by atoms with E-state index in [2.05, 4.69) is 30.9 Å². The zero-order valence-electron chi connectivity index (χ0n) is 16.3. The molecule has 8 heteroatoms. The average molecular weight is 428 g/mol. The Hall–Kier alpha value is -1.50. The summed E-state index contributed by atoms with van der Waals surface area (Å²) in [6.07, 6.45) is 3.89. The Morgan fingerprint density at radius 2 is 1.50 bits per heavy atom. The van der Waals surface area contributed by atoms with Gasteiger partial charge >= 0.3 is 0 Å². The fraction of sp³-hybridized carbons (Fsp3) is 0.400. The Kier molecular flexibility index (Phi) is 10.1. The number of rotatable bonds is 8. The van der Waals surface area contributed by atoms with Crippen molar-refractivity contribution in [3.63, 3.8) is 0 Å². The van der Waals surface area contributed by atoms with Gasteiger partial charge in [-0.05, 0) is 36.8 Å². The van der Waals surface area contributed by atoms with Gasteiger partial charge in [0.1, 0.15) is 15.9 Å². The normalized spacial score (nSPS) is 11.6. The summed E-state index contributed by atoms with van der Waals surface area (Å²) in [7, 11) is -5.64. The second kappa shape index (κ2) is 11.5. The third-order valence-corrected chi connectivity index (χ3v) is 9.57. The Labute approximate surface area is 168 Å². The quantitative estimate of drug-likeness (QED) is 0.439. The minimum absolute atomic E-state index is 0.227. The third kappa shape index (κ3) is 7.86. The maximum atomic E-state index is 10.5. The maximum absolute atomic E-state index is 10.5. The van der Waals surface area contributed by atoms with Crippen molar-refractivity contribution in [1.29, 1.82) is 0 Å². The lowest BCUT2D eigenvalue weighted by molar-refractivity contribution is 0.294. The SMILES string of the molecule is C[P+](CCCO)(CCCO)c1ccccc1.Cc1ccc(O)cc1S(=O)(=O)[O-]. The highest BCUT2D eigenvalue weighted by molar-refractivity contribution is 7.85. The van der Waals surface area contributed by atoms with Gasteiger partial charge in [-0.1, -0.05) is 24.3 Å². The van der Waals surface area contributed by atoms with E-state index >= 15 is 0 Å². The van der Waals surface area contributed by atoms with Crippen LogP contribution in [0, 0.1) is 6.92 Å². The minimum Gasteiger partial charge on any atom is -0.744 e. The number of hydrogen-bond acceptors (Lipinski definition) is 6. The van der Waals surface area contributed by atoms with E-state index in [0.29, 0.717) is 5.56 Å². The van der Waals surface area contributed by atoms with Crippen LogP contribution in [0.5, 0.6) is 5.75 Å². The first kappa shape index (κ1) is 24.5. The topological polar surface area (TPSA) is 118 Å². The van der Waals surface area contributed by atoms with Gasteiger partial charge < -0.3 is 19.9 Å². The molecular weight excluding hydrogens is 399 g/mol. The first-order valence-electron chi connectivity index (χ1n) is 9.01. The lowest BCUT2D eigenvalue weighted by Gasteiger charge is -2.22. The van der Waals surface area contributed by atoms with Crippen LogP contribution in [0.25, 0.3) is 0 Å². The lowest BCUT2D eigenvalue weighted by atomic mass is 10.2. The summed E-state index contributed by atoms with van der Waals surface area (Å²) in [6.45, 7) is 4.35. The van der Waals surface area contributed by atoms with Gasteiger partial charge in [-0.3, -0.25) is 0 Å². The Morgan fingerprint density at radius 3 is 1.93 bits per heavy atom. The zero-order chi connectivity index (χ0) is 21.2. The Morgan fingerprint density at radius 1 is 0.964 bits per heavy atom.